The number of carbonyl (C=O) groups is 2. The number of hydrogen-bond donors (Lipinski definition) is 1. The van der Waals surface area contributed by atoms with Gasteiger partial charge in [0.1, 0.15) is 24.1 Å². The summed E-state index contributed by atoms with van der Waals surface area (Å²) >= 11 is 0. The molecular weight excluding hydrogens is 502 g/mol. The molecule has 0 aliphatic carbocycles. The van der Waals surface area contributed by atoms with Gasteiger partial charge >= 0.3 is 0 Å². The molecule has 1 N–H and O–H groups in total. The lowest BCUT2D eigenvalue weighted by Gasteiger charge is -2.32. The summed E-state index contributed by atoms with van der Waals surface area (Å²) in [6, 6.07) is 24.3. The minimum atomic E-state index is -3.81. The molecule has 0 radical (unpaired) electrons. The highest BCUT2D eigenvalue weighted by Gasteiger charge is 2.31. The third-order valence-corrected chi connectivity index (χ3v) is 7.05. The lowest BCUT2D eigenvalue weighted by molar-refractivity contribution is -0.140. The fourth-order valence-corrected chi connectivity index (χ4v) is 4.83. The molecule has 3 aromatic rings. The van der Waals surface area contributed by atoms with Crippen molar-refractivity contribution in [2.24, 2.45) is 0 Å². The summed E-state index contributed by atoms with van der Waals surface area (Å²) in [5, 5.41) is 2.87. The van der Waals surface area contributed by atoms with Crippen LogP contribution < -0.4 is 14.4 Å². The molecule has 1 atom stereocenters. The average molecular weight is 538 g/mol. The highest BCUT2D eigenvalue weighted by Crippen LogP contribution is 2.26. The summed E-state index contributed by atoms with van der Waals surface area (Å²) < 4.78 is 32.4. The zero-order valence-electron chi connectivity index (χ0n) is 22.0. The van der Waals surface area contributed by atoms with Crippen LogP contribution in [0.1, 0.15) is 32.3 Å². The molecule has 0 spiro atoms. The lowest BCUT2D eigenvalue weighted by Crippen LogP contribution is -2.52. The van der Waals surface area contributed by atoms with E-state index in [1.54, 1.807) is 24.3 Å². The number of amides is 2. The summed E-state index contributed by atoms with van der Waals surface area (Å²) in [6.07, 6.45) is 2.21. The van der Waals surface area contributed by atoms with Crippen molar-refractivity contribution in [3.05, 3.63) is 90.5 Å². The van der Waals surface area contributed by atoms with Gasteiger partial charge in [-0.1, -0.05) is 62.4 Å². The number of benzene rings is 3. The predicted molar refractivity (Wildman–Crippen MR) is 150 cm³/mol. The second kappa shape index (κ2) is 13.6. The number of rotatable bonds is 13. The highest BCUT2D eigenvalue weighted by molar-refractivity contribution is 7.92. The monoisotopic (exact) mass is 537 g/mol. The zero-order chi connectivity index (χ0) is 27.5. The molecule has 0 saturated heterocycles. The van der Waals surface area contributed by atoms with Crippen molar-refractivity contribution in [2.75, 3.05) is 23.7 Å². The summed E-state index contributed by atoms with van der Waals surface area (Å²) in [6.45, 7) is 4.02. The number of nitrogens with zero attached hydrogens (tertiary/aromatic N) is 2. The number of sulfonamides is 1. The van der Waals surface area contributed by atoms with Crippen LogP contribution in [0.5, 0.6) is 11.5 Å². The molecule has 3 aromatic carbocycles. The van der Waals surface area contributed by atoms with Gasteiger partial charge in [-0.3, -0.25) is 13.9 Å². The Morgan fingerprint density at radius 1 is 0.868 bits per heavy atom. The molecule has 3 rings (SSSR count). The van der Waals surface area contributed by atoms with Gasteiger partial charge in [0.15, 0.2) is 0 Å². The number of nitrogens with one attached hydrogen (secondary N) is 1. The highest BCUT2D eigenvalue weighted by atomic mass is 32.2. The van der Waals surface area contributed by atoms with Crippen molar-refractivity contribution in [2.45, 2.75) is 39.3 Å². The van der Waals surface area contributed by atoms with Gasteiger partial charge in [-0.25, -0.2) is 8.42 Å². The Hall–Kier alpha value is -3.85. The summed E-state index contributed by atoms with van der Waals surface area (Å²) in [5.41, 5.74) is 1.17. The SMILES string of the molecule is CCCNC(=O)C(CC)N(Cc1ccccc1)C(=O)CN(c1ccc(Oc2ccccc2)cc1)S(C)(=O)=O. The molecule has 202 valence electrons. The van der Waals surface area contributed by atoms with Crippen molar-refractivity contribution in [3.8, 4) is 11.5 Å². The number of hydrogen-bond acceptors (Lipinski definition) is 5. The van der Waals surface area contributed by atoms with Gasteiger partial charge in [0.05, 0.1) is 11.9 Å². The molecule has 8 nitrogen and oxygen atoms in total. The standard InChI is InChI=1S/C29H35N3O5S/c1-4-20-30-29(34)27(5-2)31(21-23-12-8-6-9-13-23)28(33)22-32(38(3,35)36)24-16-18-26(19-17-24)37-25-14-10-7-11-15-25/h6-19,27H,4-5,20-22H2,1-3H3,(H,30,34). The van der Waals surface area contributed by atoms with E-state index in [4.69, 9.17) is 4.74 Å². The van der Waals surface area contributed by atoms with Crippen LogP contribution in [0.15, 0.2) is 84.9 Å². The summed E-state index contributed by atoms with van der Waals surface area (Å²) in [4.78, 5) is 28.1. The predicted octanol–water partition coefficient (Wildman–Crippen LogP) is 4.58. The zero-order valence-corrected chi connectivity index (χ0v) is 22.9. The first-order valence-electron chi connectivity index (χ1n) is 12.6. The first kappa shape index (κ1) is 28.7. The van der Waals surface area contributed by atoms with Crippen LogP contribution >= 0.6 is 0 Å². The van der Waals surface area contributed by atoms with Crippen molar-refractivity contribution < 1.29 is 22.7 Å². The Bertz CT molecular complexity index is 1280. The Kier molecular flexibility index (Phi) is 10.3. The van der Waals surface area contributed by atoms with Crippen molar-refractivity contribution in [1.82, 2.24) is 10.2 Å². The third kappa shape index (κ3) is 8.08. The second-order valence-electron chi connectivity index (χ2n) is 8.90. The van der Waals surface area contributed by atoms with Gasteiger partial charge in [0, 0.05) is 13.1 Å². The number of carbonyl (C=O) groups excluding carboxylic acids is 2. The average Bonchev–Trinajstić information content (AvgIpc) is 2.91. The van der Waals surface area contributed by atoms with Crippen molar-refractivity contribution in [1.29, 1.82) is 0 Å². The van der Waals surface area contributed by atoms with Crippen LogP contribution in [0.25, 0.3) is 0 Å². The van der Waals surface area contributed by atoms with Gasteiger partial charge in [-0.15, -0.1) is 0 Å². The van der Waals surface area contributed by atoms with Gasteiger partial charge in [0.2, 0.25) is 21.8 Å². The molecule has 1 unspecified atom stereocenters. The van der Waals surface area contributed by atoms with E-state index >= 15 is 0 Å². The molecule has 2 amide bonds. The van der Waals surface area contributed by atoms with E-state index in [9.17, 15) is 18.0 Å². The van der Waals surface area contributed by atoms with Gasteiger partial charge < -0.3 is 15.0 Å². The van der Waals surface area contributed by atoms with E-state index in [1.165, 1.54) is 4.90 Å². The maximum absolute atomic E-state index is 13.7. The largest absolute Gasteiger partial charge is 0.457 e. The fourth-order valence-electron chi connectivity index (χ4n) is 3.98. The van der Waals surface area contributed by atoms with E-state index in [2.05, 4.69) is 5.32 Å². The van der Waals surface area contributed by atoms with Gasteiger partial charge in [-0.2, -0.15) is 0 Å². The first-order chi connectivity index (χ1) is 18.2. The molecular formula is C29H35N3O5S. The second-order valence-corrected chi connectivity index (χ2v) is 10.8. The van der Waals surface area contributed by atoms with Crippen LogP contribution in [0.3, 0.4) is 0 Å². The maximum atomic E-state index is 13.7. The van der Waals surface area contributed by atoms with Crippen molar-refractivity contribution in [3.63, 3.8) is 0 Å². The third-order valence-electron chi connectivity index (χ3n) is 5.91. The van der Waals surface area contributed by atoms with Crippen LogP contribution in [0.4, 0.5) is 5.69 Å². The number of anilines is 1. The minimum absolute atomic E-state index is 0.180. The molecule has 0 bridgehead atoms. The van der Waals surface area contributed by atoms with Crippen molar-refractivity contribution >= 4 is 27.5 Å². The van der Waals surface area contributed by atoms with Crippen LogP contribution in [0.2, 0.25) is 0 Å². The molecule has 0 fully saturated rings. The molecule has 38 heavy (non-hydrogen) atoms. The Labute approximate surface area is 225 Å². The molecule has 0 saturated carbocycles. The first-order valence-corrected chi connectivity index (χ1v) is 14.5. The molecule has 9 heteroatoms. The van der Waals surface area contributed by atoms with E-state index < -0.39 is 28.5 Å². The molecule has 0 aliphatic rings. The maximum Gasteiger partial charge on any atom is 0.244 e. The molecule has 0 aromatic heterocycles. The quantitative estimate of drug-likeness (QED) is 0.344. The van der Waals surface area contributed by atoms with E-state index in [1.807, 2.05) is 74.5 Å². The van der Waals surface area contributed by atoms with E-state index in [0.717, 1.165) is 22.5 Å². The molecule has 0 aliphatic heterocycles. The Morgan fingerprint density at radius 2 is 1.45 bits per heavy atom. The minimum Gasteiger partial charge on any atom is -0.457 e. The van der Waals surface area contributed by atoms with Crippen LogP contribution in [-0.2, 0) is 26.2 Å². The molecule has 0 heterocycles. The normalized spacial score (nSPS) is 11.9. The number of ether oxygens (including phenoxy) is 1. The number of para-hydroxylation sites is 1. The van der Waals surface area contributed by atoms with Gasteiger partial charge in [0.25, 0.3) is 0 Å². The summed E-state index contributed by atoms with van der Waals surface area (Å²) in [5.74, 6) is 0.456. The van der Waals surface area contributed by atoms with E-state index in [-0.39, 0.29) is 12.5 Å². The van der Waals surface area contributed by atoms with Crippen LogP contribution in [-0.4, -0.2) is 50.5 Å². The topological polar surface area (TPSA) is 96.0 Å². The summed E-state index contributed by atoms with van der Waals surface area (Å²) in [7, 11) is -3.81. The lowest BCUT2D eigenvalue weighted by atomic mass is 10.1. The Balaban J connectivity index is 1.86. The Morgan fingerprint density at radius 3 is 2.00 bits per heavy atom. The van der Waals surface area contributed by atoms with Gasteiger partial charge in [-0.05, 0) is 54.8 Å². The van der Waals surface area contributed by atoms with E-state index in [0.29, 0.717) is 30.2 Å². The smallest absolute Gasteiger partial charge is 0.244 e. The fraction of sp³-hybridized carbons (Fsp3) is 0.310. The van der Waals surface area contributed by atoms with Crippen LogP contribution in [0, 0.1) is 0 Å².